The lowest BCUT2D eigenvalue weighted by Gasteiger charge is -2.05. The maximum absolute atomic E-state index is 11.0. The van der Waals surface area contributed by atoms with Crippen molar-refractivity contribution in [1.29, 1.82) is 0 Å². The molecule has 0 aliphatic carbocycles. The zero-order valence-corrected chi connectivity index (χ0v) is 8.06. The standard InChI is InChI=1S/C7H5Cl2OS/c1-11(10)6-4-2-3-5(8)7(6)9/h2,4H,1H3. The lowest BCUT2D eigenvalue weighted by atomic mass is 10.4. The maximum atomic E-state index is 11.0. The average Bonchev–Trinajstić information content (AvgIpc) is 1.94. The zero-order chi connectivity index (χ0) is 8.43. The van der Waals surface area contributed by atoms with Crippen LogP contribution in [-0.4, -0.2) is 10.8 Å². The minimum atomic E-state index is -1.09. The Morgan fingerprint density at radius 2 is 2.18 bits per heavy atom. The molecule has 0 saturated carbocycles. The van der Waals surface area contributed by atoms with Crippen molar-refractivity contribution >= 4 is 34.4 Å². The highest BCUT2D eigenvalue weighted by Gasteiger charge is 2.11. The summed E-state index contributed by atoms with van der Waals surface area (Å²) in [5.41, 5.74) is 0. The first kappa shape index (κ1) is 9.20. The van der Waals surface area contributed by atoms with Gasteiger partial charge in [-0.05, 0) is 23.3 Å². The predicted molar refractivity (Wildman–Crippen MR) is 47.6 cm³/mol. The molecule has 0 N–H and O–H groups in total. The summed E-state index contributed by atoms with van der Waals surface area (Å²) < 4.78 is 11.0. The molecule has 0 amide bonds. The van der Waals surface area contributed by atoms with Gasteiger partial charge in [0.1, 0.15) is 11.3 Å². The van der Waals surface area contributed by atoms with E-state index in [0.717, 1.165) is 0 Å². The minimum Gasteiger partial charge on any atom is -0.612 e. The number of rotatable bonds is 1. The molecule has 0 aliphatic heterocycles. The van der Waals surface area contributed by atoms with Crippen LogP contribution in [0.3, 0.4) is 0 Å². The van der Waals surface area contributed by atoms with Crippen molar-refractivity contribution in [3.8, 4) is 0 Å². The molecule has 0 heterocycles. The Kier molecular flexibility index (Phi) is 3.07. The monoisotopic (exact) mass is 207 g/mol. The third kappa shape index (κ3) is 2.03. The van der Waals surface area contributed by atoms with Crippen molar-refractivity contribution in [3.05, 3.63) is 28.2 Å². The van der Waals surface area contributed by atoms with Crippen molar-refractivity contribution < 1.29 is 4.55 Å². The summed E-state index contributed by atoms with van der Waals surface area (Å²) in [6.07, 6.45) is 1.55. The van der Waals surface area contributed by atoms with Crippen molar-refractivity contribution in [2.45, 2.75) is 4.90 Å². The Morgan fingerprint density at radius 3 is 2.64 bits per heavy atom. The van der Waals surface area contributed by atoms with Gasteiger partial charge in [-0.2, -0.15) is 0 Å². The molecular formula is C7H5Cl2OS. The van der Waals surface area contributed by atoms with E-state index in [1.165, 1.54) is 0 Å². The summed E-state index contributed by atoms with van der Waals surface area (Å²) in [6.45, 7) is 0. The molecule has 59 valence electrons. The normalized spacial score (nSPS) is 13.1. The average molecular weight is 208 g/mol. The zero-order valence-electron chi connectivity index (χ0n) is 5.73. The van der Waals surface area contributed by atoms with Gasteiger partial charge in [0.25, 0.3) is 0 Å². The van der Waals surface area contributed by atoms with E-state index in [0.29, 0.717) is 14.9 Å². The SMILES string of the molecule is C[S+]([O-])c1cc[c]c(Cl)c1Cl. The molecule has 0 bridgehead atoms. The Balaban J connectivity index is 3.17. The molecule has 1 aromatic rings. The Hall–Kier alpha value is 0.110. The molecule has 1 rings (SSSR count). The van der Waals surface area contributed by atoms with Crippen LogP contribution in [0, 0.1) is 6.07 Å². The second-order valence-electron chi connectivity index (χ2n) is 1.92. The molecule has 1 aromatic carbocycles. The van der Waals surface area contributed by atoms with Crippen molar-refractivity contribution in [2.24, 2.45) is 0 Å². The van der Waals surface area contributed by atoms with Crippen LogP contribution in [-0.2, 0) is 11.2 Å². The van der Waals surface area contributed by atoms with Crippen LogP contribution in [0.15, 0.2) is 17.0 Å². The number of hydrogen-bond donors (Lipinski definition) is 0. The Morgan fingerprint density at radius 1 is 1.55 bits per heavy atom. The van der Waals surface area contributed by atoms with E-state index in [1.54, 1.807) is 18.4 Å². The minimum absolute atomic E-state index is 0.319. The lowest BCUT2D eigenvalue weighted by molar-refractivity contribution is 0.601. The fourth-order valence-electron chi connectivity index (χ4n) is 0.657. The highest BCUT2D eigenvalue weighted by molar-refractivity contribution is 7.90. The van der Waals surface area contributed by atoms with E-state index < -0.39 is 11.2 Å². The Labute approximate surface area is 78.5 Å². The summed E-state index contributed by atoms with van der Waals surface area (Å²) in [5.74, 6) is 0. The molecule has 0 fully saturated rings. The smallest absolute Gasteiger partial charge is 0.172 e. The third-order valence-electron chi connectivity index (χ3n) is 1.16. The molecule has 0 spiro atoms. The van der Waals surface area contributed by atoms with Gasteiger partial charge in [0.05, 0.1) is 5.02 Å². The van der Waals surface area contributed by atoms with Gasteiger partial charge in [0.15, 0.2) is 4.90 Å². The fraction of sp³-hybridized carbons (Fsp3) is 0.143. The van der Waals surface area contributed by atoms with Crippen LogP contribution >= 0.6 is 23.2 Å². The third-order valence-corrected chi connectivity index (χ3v) is 3.02. The molecule has 1 unspecified atom stereocenters. The van der Waals surface area contributed by atoms with Gasteiger partial charge in [-0.3, -0.25) is 0 Å². The topological polar surface area (TPSA) is 23.1 Å². The van der Waals surface area contributed by atoms with Crippen LogP contribution in [0.5, 0.6) is 0 Å². The molecule has 1 radical (unpaired) electrons. The number of benzene rings is 1. The Bertz CT molecular complexity index is 263. The van der Waals surface area contributed by atoms with Gasteiger partial charge in [-0.1, -0.05) is 23.2 Å². The van der Waals surface area contributed by atoms with Crippen LogP contribution in [0.25, 0.3) is 0 Å². The summed E-state index contributed by atoms with van der Waals surface area (Å²) in [6, 6.07) is 5.94. The van der Waals surface area contributed by atoms with E-state index >= 15 is 0 Å². The summed E-state index contributed by atoms with van der Waals surface area (Å²) in [4.78, 5) is 0.551. The van der Waals surface area contributed by atoms with Gasteiger partial charge in [0, 0.05) is 6.07 Å². The molecule has 1 atom stereocenters. The van der Waals surface area contributed by atoms with E-state index in [1.807, 2.05) is 0 Å². The number of hydrogen-bond acceptors (Lipinski definition) is 1. The van der Waals surface area contributed by atoms with Crippen molar-refractivity contribution in [1.82, 2.24) is 0 Å². The first-order chi connectivity index (χ1) is 5.13. The highest BCUT2D eigenvalue weighted by atomic mass is 35.5. The molecule has 0 aromatic heterocycles. The van der Waals surface area contributed by atoms with Crippen LogP contribution < -0.4 is 0 Å². The van der Waals surface area contributed by atoms with Crippen LogP contribution in [0.4, 0.5) is 0 Å². The molecule has 0 saturated heterocycles. The van der Waals surface area contributed by atoms with Crippen molar-refractivity contribution in [3.63, 3.8) is 0 Å². The van der Waals surface area contributed by atoms with Gasteiger partial charge in [0.2, 0.25) is 0 Å². The highest BCUT2D eigenvalue weighted by Crippen LogP contribution is 2.28. The summed E-state index contributed by atoms with van der Waals surface area (Å²) in [7, 11) is 0. The van der Waals surface area contributed by atoms with E-state index in [-0.39, 0.29) is 0 Å². The molecule has 4 heteroatoms. The van der Waals surface area contributed by atoms with Crippen LogP contribution in [0.2, 0.25) is 10.0 Å². The van der Waals surface area contributed by atoms with Gasteiger partial charge < -0.3 is 4.55 Å². The molecule has 0 aliphatic rings. The fourth-order valence-corrected chi connectivity index (χ4v) is 1.94. The quantitative estimate of drug-likeness (QED) is 0.650. The predicted octanol–water partition coefficient (Wildman–Crippen LogP) is 2.53. The van der Waals surface area contributed by atoms with Gasteiger partial charge in [-0.15, -0.1) is 0 Å². The van der Waals surface area contributed by atoms with Gasteiger partial charge >= 0.3 is 0 Å². The lowest BCUT2D eigenvalue weighted by Crippen LogP contribution is -1.97. The van der Waals surface area contributed by atoms with Crippen LogP contribution in [0.1, 0.15) is 0 Å². The first-order valence-corrected chi connectivity index (χ1v) is 5.13. The molecular weight excluding hydrogens is 203 g/mol. The maximum Gasteiger partial charge on any atom is 0.172 e. The molecule has 1 nitrogen and oxygen atoms in total. The van der Waals surface area contributed by atoms with Crippen molar-refractivity contribution in [2.75, 3.05) is 6.26 Å². The second kappa shape index (κ2) is 3.68. The summed E-state index contributed by atoms with van der Waals surface area (Å²) >= 11 is 10.3. The van der Waals surface area contributed by atoms with E-state index in [4.69, 9.17) is 23.2 Å². The van der Waals surface area contributed by atoms with E-state index in [9.17, 15) is 4.55 Å². The van der Waals surface area contributed by atoms with E-state index in [2.05, 4.69) is 6.07 Å². The second-order valence-corrected chi connectivity index (χ2v) is 4.03. The molecule has 11 heavy (non-hydrogen) atoms. The largest absolute Gasteiger partial charge is 0.612 e. The first-order valence-electron chi connectivity index (χ1n) is 2.82. The number of halogens is 2. The van der Waals surface area contributed by atoms with Gasteiger partial charge in [-0.25, -0.2) is 0 Å². The summed E-state index contributed by atoms with van der Waals surface area (Å²) in [5, 5.41) is 0.648.